The standard InChI is InChI=1S/6Rf. The summed E-state index contributed by atoms with van der Waals surface area (Å²) < 4.78 is 0. The summed E-state index contributed by atoms with van der Waals surface area (Å²) in [7, 11) is 0. The van der Waals surface area contributed by atoms with E-state index in [4.69, 9.17) is 0 Å². The van der Waals surface area contributed by atoms with E-state index in [1.807, 2.05) is 0 Å². The van der Waals surface area contributed by atoms with Gasteiger partial charge in [0.05, 0.1) is 0 Å². The van der Waals surface area contributed by atoms with Gasteiger partial charge in [-0.1, -0.05) is 0 Å². The van der Waals surface area contributed by atoms with Gasteiger partial charge in [0.15, 0.2) is 0 Å². The van der Waals surface area contributed by atoms with E-state index in [-0.39, 0.29) is 0 Å². The minimum Gasteiger partial charge on any atom is 0 e. The third-order valence-electron chi connectivity index (χ3n) is 0. The van der Waals surface area contributed by atoms with E-state index >= 15 is 0 Å². The van der Waals surface area contributed by atoms with Crippen LogP contribution in [0.5, 0.6) is 0 Å². The van der Waals surface area contributed by atoms with Crippen LogP contribution in [-0.2, 0) is 0 Å². The van der Waals surface area contributed by atoms with Gasteiger partial charge in [-0.25, -0.2) is 0 Å². The van der Waals surface area contributed by atoms with Gasteiger partial charge < -0.3 is 0 Å². The molecule has 0 spiro atoms. The molecule has 12 valence electrons. The van der Waals surface area contributed by atoms with Gasteiger partial charge in [-0.3, -0.25) is 0 Å². The molecule has 0 heterocycles. The quantitative estimate of drug-likeness (QED) is 0.321. The first-order valence-electron chi connectivity index (χ1n) is 0. The zero-order valence-corrected chi connectivity index (χ0v) is 42.6. The molecule has 0 aromatic heterocycles. The Balaban J connectivity index is 0. The van der Waals surface area contributed by atoms with Crippen LogP contribution in [0, 0.1) is 0 Å². The molecule has 0 bridgehead atoms. The first-order chi connectivity index (χ1) is 0. The molecule has 0 aliphatic heterocycles. The third kappa shape index (κ3) is -0.500. The predicted octanol–water partition coefficient (Wildman–Crippen LogP) is 0. The minimum atomic E-state index is 0. The molecule has 0 aliphatic rings. The maximum absolute atomic E-state index is 0. The molecule has 6 heavy (non-hydrogen) atoms. The van der Waals surface area contributed by atoms with Crippen molar-refractivity contribution in [1.29, 1.82) is 0 Å². The average molecular weight is 1600 g/mol. The van der Waals surface area contributed by atoms with Gasteiger partial charge in [0.2, 0.25) is 0 Å². The Bertz CT molecular complexity index is 0. The van der Waals surface area contributed by atoms with Crippen LogP contribution in [0.3, 0.4) is 0 Å². The van der Waals surface area contributed by atoms with Crippen molar-refractivity contribution in [1.82, 2.24) is 0 Å². The first kappa shape index (κ1) is 0. The van der Waals surface area contributed by atoms with Crippen LogP contribution >= 0.6 is 0 Å². The van der Waals surface area contributed by atoms with Crippen molar-refractivity contribution in [3.05, 3.63) is 0 Å². The first-order valence-corrected chi connectivity index (χ1v) is 0. The van der Waals surface area contributed by atoms with Crippen molar-refractivity contribution in [2.45, 2.75) is 0 Å². The second-order valence-electron chi connectivity index (χ2n) is 0. The molecule has 0 atom stereocenters. The van der Waals surface area contributed by atoms with Gasteiger partial charge in [0.1, 0.15) is 0 Å². The molecule has 0 saturated carbocycles. The molecule has 0 N–H and O–H groups in total. The Labute approximate surface area is 0 Å². The van der Waals surface area contributed by atoms with Crippen LogP contribution in [0.2, 0.25) is 0 Å². The van der Waals surface area contributed by atoms with Crippen LogP contribution in [0.25, 0.3) is 0 Å². The number of hydrogen-bond donors (Lipinski definition) is 0. The largest absolute Gasteiger partial charge is 0 e. The fourth-order valence-electron chi connectivity index (χ4n) is 0. The van der Waals surface area contributed by atoms with Crippen LogP contribution in [0.4, 0.5) is 0 Å². The van der Waals surface area contributed by atoms with E-state index in [9.17, 15) is 0 Å². The van der Waals surface area contributed by atoms with Crippen LogP contribution in [0.1, 0.15) is 0 Å². The zero-order chi connectivity index (χ0) is 0. The molecule has 0 nitrogen and oxygen atoms in total. The summed E-state index contributed by atoms with van der Waals surface area (Å²) in [6.45, 7) is 0. The van der Waals surface area contributed by atoms with E-state index in [1.165, 1.54) is 0 Å². The maximum Gasteiger partial charge on any atom is 0 e. The summed E-state index contributed by atoms with van der Waals surface area (Å²) in [5.41, 5.74) is 0. The van der Waals surface area contributed by atoms with E-state index < -0.39 is 0 Å². The summed E-state index contributed by atoms with van der Waals surface area (Å²) in [6.07, 6.45) is 0. The zero-order valence-electron chi connectivity index (χ0n) is 4.24. The molecular formula is Rf6. The van der Waals surface area contributed by atoms with Crippen LogP contribution in [0.15, 0.2) is 0 Å². The normalized spacial score (nSPS) is 0. The van der Waals surface area contributed by atoms with Crippen molar-refractivity contribution in [2.24, 2.45) is 0 Å². The summed E-state index contributed by atoms with van der Waals surface area (Å²) in [4.78, 5) is 0. The van der Waals surface area contributed by atoms with Crippen molar-refractivity contribution in [3.8, 4) is 0 Å². The molecule has 0 unspecified atom stereocenters. The Morgan fingerprint density at radius 3 is 0.167 bits per heavy atom. The topological polar surface area (TPSA) is 0 Å². The monoisotopic (exact) mass is 1600 g/mol. The van der Waals surface area contributed by atoms with Crippen LogP contribution < -0.4 is 0 Å². The summed E-state index contributed by atoms with van der Waals surface area (Å²) in [6, 6.07) is 0. The van der Waals surface area contributed by atoms with E-state index in [0.717, 1.165) is 0 Å². The molecule has 0 amide bonds. The summed E-state index contributed by atoms with van der Waals surface area (Å²) in [5, 5.41) is 0. The van der Waals surface area contributed by atoms with Crippen molar-refractivity contribution in [3.63, 3.8) is 0 Å². The average Bonchev–Trinajstić information content (AvgIpc) is 0. The van der Waals surface area contributed by atoms with Gasteiger partial charge >= 0.3 is 0 Å². The van der Waals surface area contributed by atoms with Gasteiger partial charge in [0.25, 0.3) is 0 Å². The molecule has 0 fully saturated rings. The summed E-state index contributed by atoms with van der Waals surface area (Å²) >= 11 is 0. The van der Waals surface area contributed by atoms with Crippen molar-refractivity contribution < 1.29 is 0 Å². The summed E-state index contributed by atoms with van der Waals surface area (Å²) in [5.74, 6) is 0. The van der Waals surface area contributed by atoms with E-state index in [1.54, 1.807) is 0 Å². The second-order valence-corrected chi connectivity index (χ2v) is 0. The Kier molecular flexibility index (Phi) is 0. The van der Waals surface area contributed by atoms with E-state index in [2.05, 4.69) is 0 Å². The Morgan fingerprint density at radius 1 is 0.167 bits per heavy atom. The molecular weight excluding hydrogens is 1600 g/mol. The van der Waals surface area contributed by atoms with Crippen LogP contribution in [-0.4, -0.2) is 0 Å². The maximum atomic E-state index is 0. The predicted molar refractivity (Wildman–Crippen MR) is 0 cm³/mol. The second kappa shape index (κ2) is -0.111. The van der Waals surface area contributed by atoms with Gasteiger partial charge in [-0.05, 0) is 0 Å². The molecule has 6 heteroatoms. The Morgan fingerprint density at radius 2 is 0.167 bits per heavy atom. The Hall–Kier alpha value is -6.00. The molecule has 0 rings (SSSR count). The number of rotatable bonds is 0. The molecule has 0 radical (unpaired) electrons. The molecule has 0 aliphatic carbocycles. The minimum absolute atomic E-state index is 0. The van der Waals surface area contributed by atoms with E-state index in [0.29, 0.717) is 0 Å². The third-order valence-corrected chi connectivity index (χ3v) is 0. The van der Waals surface area contributed by atoms with Crippen molar-refractivity contribution in [2.75, 3.05) is 0 Å². The smallest absolute Gasteiger partial charge is 0 e. The van der Waals surface area contributed by atoms with Crippen molar-refractivity contribution >= 4 is 0 Å². The SMILES string of the molecule is [Rf].[Rf].[Rf].[Rf].[Rf].[Rf]. The van der Waals surface area contributed by atoms with Gasteiger partial charge in [-0.2, -0.15) is 0 Å². The molecule has 0 aromatic carbocycles. The molecule has 0 saturated heterocycles. The number of hydrogen-bond acceptors (Lipinski definition) is 0. The van der Waals surface area contributed by atoms with Gasteiger partial charge in [0, 0.05) is 0 Å². The fourth-order valence-corrected chi connectivity index (χ4v) is 0. The molecule has 0 aromatic rings. The fraction of sp³-hybridized carbons (Fsp3) is 0. The van der Waals surface area contributed by atoms with Gasteiger partial charge in [-0.15, -0.1) is 0 Å².